The Bertz CT molecular complexity index is 541. The Balaban J connectivity index is 1.84. The zero-order chi connectivity index (χ0) is 12.8. The molecule has 0 amide bonds. The van der Waals surface area contributed by atoms with E-state index in [1.54, 1.807) is 24.3 Å². The van der Waals surface area contributed by atoms with E-state index in [0.717, 1.165) is 17.8 Å². The molecule has 0 fully saturated rings. The van der Waals surface area contributed by atoms with Crippen molar-refractivity contribution in [2.75, 3.05) is 11.9 Å². The van der Waals surface area contributed by atoms with Gasteiger partial charge in [0.25, 0.3) is 0 Å². The first kappa shape index (κ1) is 12.1. The number of halogens is 1. The molecule has 2 aromatic rings. The molecule has 4 heteroatoms. The molecule has 0 aliphatic heterocycles. The molecule has 1 heterocycles. The Morgan fingerprint density at radius 2 is 1.94 bits per heavy atom. The Kier molecular flexibility index (Phi) is 3.87. The molecule has 18 heavy (non-hydrogen) atoms. The van der Waals surface area contributed by atoms with Gasteiger partial charge < -0.3 is 5.32 Å². The number of nitrogens with zero attached hydrogens (tertiary/aromatic N) is 2. The second kappa shape index (κ2) is 5.78. The van der Waals surface area contributed by atoms with Crippen LogP contribution >= 0.6 is 0 Å². The lowest BCUT2D eigenvalue weighted by Gasteiger charge is -2.05. The summed E-state index contributed by atoms with van der Waals surface area (Å²) in [6, 6.07) is 11.9. The molecule has 0 saturated carbocycles. The second-order valence-electron chi connectivity index (χ2n) is 3.85. The number of nitrogens with one attached hydrogen (secondary N) is 1. The molecule has 0 atom stereocenters. The average Bonchev–Trinajstić information content (AvgIpc) is 2.42. The summed E-state index contributed by atoms with van der Waals surface area (Å²) in [4.78, 5) is 4.10. The SMILES string of the molecule is N#Cc1ccc(NCCc2ccc(F)cc2)nc1. The lowest BCUT2D eigenvalue weighted by Crippen LogP contribution is -2.06. The van der Waals surface area contributed by atoms with Crippen molar-refractivity contribution in [2.45, 2.75) is 6.42 Å². The van der Waals surface area contributed by atoms with Gasteiger partial charge in [0.15, 0.2) is 0 Å². The predicted octanol–water partition coefficient (Wildman–Crippen LogP) is 2.75. The normalized spacial score (nSPS) is 9.78. The van der Waals surface area contributed by atoms with Gasteiger partial charge in [0.1, 0.15) is 17.7 Å². The van der Waals surface area contributed by atoms with Crippen molar-refractivity contribution in [1.82, 2.24) is 4.98 Å². The summed E-state index contributed by atoms with van der Waals surface area (Å²) in [7, 11) is 0. The van der Waals surface area contributed by atoms with E-state index in [-0.39, 0.29) is 5.82 Å². The third-order valence-corrected chi connectivity index (χ3v) is 2.53. The van der Waals surface area contributed by atoms with Crippen molar-refractivity contribution in [1.29, 1.82) is 5.26 Å². The standard InChI is InChI=1S/C14H12FN3/c15-13-4-1-11(2-5-13)7-8-17-14-6-3-12(9-16)10-18-14/h1-6,10H,7-8H2,(H,17,18). The number of nitriles is 1. The van der Waals surface area contributed by atoms with Crippen molar-refractivity contribution in [3.8, 4) is 6.07 Å². The number of pyridine rings is 1. The van der Waals surface area contributed by atoms with Crippen molar-refractivity contribution >= 4 is 5.82 Å². The summed E-state index contributed by atoms with van der Waals surface area (Å²) in [6.07, 6.45) is 2.32. The Labute approximate surface area is 105 Å². The first-order valence-corrected chi connectivity index (χ1v) is 5.62. The van der Waals surface area contributed by atoms with Crippen LogP contribution in [0.25, 0.3) is 0 Å². The lowest BCUT2D eigenvalue weighted by molar-refractivity contribution is 0.627. The van der Waals surface area contributed by atoms with Crippen LogP contribution in [0.5, 0.6) is 0 Å². The summed E-state index contributed by atoms with van der Waals surface area (Å²) >= 11 is 0. The van der Waals surface area contributed by atoms with E-state index in [0.29, 0.717) is 12.1 Å². The largest absolute Gasteiger partial charge is 0.370 e. The number of hydrogen-bond acceptors (Lipinski definition) is 3. The monoisotopic (exact) mass is 241 g/mol. The van der Waals surface area contributed by atoms with Crippen molar-refractivity contribution in [3.05, 3.63) is 59.5 Å². The van der Waals surface area contributed by atoms with Crippen LogP contribution in [0.1, 0.15) is 11.1 Å². The highest BCUT2D eigenvalue weighted by atomic mass is 19.1. The summed E-state index contributed by atoms with van der Waals surface area (Å²) in [5.74, 6) is 0.511. The Morgan fingerprint density at radius 3 is 2.56 bits per heavy atom. The van der Waals surface area contributed by atoms with Crippen LogP contribution in [0.2, 0.25) is 0 Å². The van der Waals surface area contributed by atoms with E-state index in [4.69, 9.17) is 5.26 Å². The van der Waals surface area contributed by atoms with Gasteiger partial charge in [-0.25, -0.2) is 9.37 Å². The maximum atomic E-state index is 12.7. The molecule has 0 aliphatic carbocycles. The smallest absolute Gasteiger partial charge is 0.125 e. The van der Waals surface area contributed by atoms with Crippen LogP contribution in [0, 0.1) is 17.1 Å². The summed E-state index contributed by atoms with van der Waals surface area (Å²) in [5, 5.41) is 11.8. The van der Waals surface area contributed by atoms with Gasteiger partial charge >= 0.3 is 0 Å². The molecule has 0 aliphatic rings. The predicted molar refractivity (Wildman–Crippen MR) is 67.5 cm³/mol. The van der Waals surface area contributed by atoms with Gasteiger partial charge in [0, 0.05) is 12.7 Å². The molecule has 0 spiro atoms. The molecular weight excluding hydrogens is 229 g/mol. The van der Waals surface area contributed by atoms with Gasteiger partial charge in [-0.2, -0.15) is 5.26 Å². The highest BCUT2D eigenvalue weighted by molar-refractivity contribution is 5.39. The van der Waals surface area contributed by atoms with Gasteiger partial charge in [-0.15, -0.1) is 0 Å². The lowest BCUT2D eigenvalue weighted by atomic mass is 10.1. The minimum atomic E-state index is -0.222. The number of anilines is 1. The molecular formula is C14H12FN3. The zero-order valence-corrected chi connectivity index (χ0v) is 9.73. The van der Waals surface area contributed by atoms with Crippen LogP contribution in [0.15, 0.2) is 42.6 Å². The molecule has 2 rings (SSSR count). The van der Waals surface area contributed by atoms with Gasteiger partial charge in [0.2, 0.25) is 0 Å². The number of rotatable bonds is 4. The molecule has 1 N–H and O–H groups in total. The Morgan fingerprint density at radius 1 is 1.17 bits per heavy atom. The molecule has 1 aromatic carbocycles. The van der Waals surface area contributed by atoms with Crippen LogP contribution in [-0.4, -0.2) is 11.5 Å². The van der Waals surface area contributed by atoms with Crippen LogP contribution < -0.4 is 5.32 Å². The quantitative estimate of drug-likeness (QED) is 0.895. The fourth-order valence-corrected chi connectivity index (χ4v) is 1.55. The second-order valence-corrected chi connectivity index (χ2v) is 3.85. The topological polar surface area (TPSA) is 48.7 Å². The number of aromatic nitrogens is 1. The molecule has 90 valence electrons. The van der Waals surface area contributed by atoms with Crippen LogP contribution in [0.3, 0.4) is 0 Å². The Hall–Kier alpha value is -2.41. The van der Waals surface area contributed by atoms with Gasteiger partial charge in [-0.05, 0) is 36.2 Å². The third-order valence-electron chi connectivity index (χ3n) is 2.53. The van der Waals surface area contributed by atoms with Gasteiger partial charge in [-0.1, -0.05) is 12.1 Å². The van der Waals surface area contributed by atoms with Gasteiger partial charge in [-0.3, -0.25) is 0 Å². The molecule has 0 bridgehead atoms. The molecule has 0 saturated heterocycles. The maximum absolute atomic E-state index is 12.7. The van der Waals surface area contributed by atoms with E-state index < -0.39 is 0 Å². The minimum absolute atomic E-state index is 0.222. The van der Waals surface area contributed by atoms with E-state index in [2.05, 4.69) is 10.3 Å². The first-order valence-electron chi connectivity index (χ1n) is 5.62. The number of hydrogen-bond donors (Lipinski definition) is 1. The molecule has 0 unspecified atom stereocenters. The van der Waals surface area contributed by atoms with Crippen LogP contribution in [0.4, 0.5) is 10.2 Å². The van der Waals surface area contributed by atoms with E-state index in [1.165, 1.54) is 18.3 Å². The highest BCUT2D eigenvalue weighted by Gasteiger charge is 1.96. The molecule has 3 nitrogen and oxygen atoms in total. The first-order chi connectivity index (χ1) is 8.78. The van der Waals surface area contributed by atoms with Crippen molar-refractivity contribution < 1.29 is 4.39 Å². The van der Waals surface area contributed by atoms with Gasteiger partial charge in [0.05, 0.1) is 5.56 Å². The fourth-order valence-electron chi connectivity index (χ4n) is 1.55. The molecule has 0 radical (unpaired) electrons. The fraction of sp³-hybridized carbons (Fsp3) is 0.143. The molecule has 1 aromatic heterocycles. The summed E-state index contributed by atoms with van der Waals surface area (Å²) in [6.45, 7) is 0.713. The minimum Gasteiger partial charge on any atom is -0.370 e. The zero-order valence-electron chi connectivity index (χ0n) is 9.73. The van der Waals surface area contributed by atoms with E-state index in [1.807, 2.05) is 6.07 Å². The average molecular weight is 241 g/mol. The maximum Gasteiger partial charge on any atom is 0.125 e. The summed E-state index contributed by atoms with van der Waals surface area (Å²) < 4.78 is 12.7. The summed E-state index contributed by atoms with van der Waals surface area (Å²) in [5.41, 5.74) is 1.61. The third kappa shape index (κ3) is 3.29. The van der Waals surface area contributed by atoms with Crippen LogP contribution in [-0.2, 0) is 6.42 Å². The number of benzene rings is 1. The van der Waals surface area contributed by atoms with Crippen molar-refractivity contribution in [3.63, 3.8) is 0 Å². The van der Waals surface area contributed by atoms with Crippen molar-refractivity contribution in [2.24, 2.45) is 0 Å². The van der Waals surface area contributed by atoms with E-state index in [9.17, 15) is 4.39 Å². The highest BCUT2D eigenvalue weighted by Crippen LogP contribution is 2.06. The van der Waals surface area contributed by atoms with E-state index >= 15 is 0 Å².